The van der Waals surface area contributed by atoms with Crippen LogP contribution in [0.3, 0.4) is 0 Å². The van der Waals surface area contributed by atoms with Gasteiger partial charge in [-0.1, -0.05) is 18.2 Å². The number of ether oxygens (including phenoxy) is 2. The number of amides is 1. The van der Waals surface area contributed by atoms with Gasteiger partial charge in [0.15, 0.2) is 0 Å². The standard InChI is InChI=1S/C21H24F3N3O3/c1-29-18-9-7-16(8-10-18)25-20(28)30-19(21(22,23)24)15-26-11-13-27(14-12-26)17-5-3-2-4-6-17/h2-10,19H,11-15H2,1H3,(H,25,28)/t19-/m0/s1. The summed E-state index contributed by atoms with van der Waals surface area (Å²) >= 11 is 0. The second-order valence-electron chi connectivity index (χ2n) is 6.91. The molecule has 2 aromatic carbocycles. The quantitative estimate of drug-likeness (QED) is 0.761. The van der Waals surface area contributed by atoms with Crippen molar-refractivity contribution in [1.82, 2.24) is 4.90 Å². The van der Waals surface area contributed by atoms with Gasteiger partial charge in [-0.3, -0.25) is 10.2 Å². The predicted molar refractivity (Wildman–Crippen MR) is 108 cm³/mol. The Labute approximate surface area is 173 Å². The molecular weight excluding hydrogens is 399 g/mol. The minimum Gasteiger partial charge on any atom is -0.497 e. The van der Waals surface area contributed by atoms with Crippen LogP contribution in [0.4, 0.5) is 29.3 Å². The first kappa shape index (κ1) is 21.8. The number of hydrogen-bond acceptors (Lipinski definition) is 5. The summed E-state index contributed by atoms with van der Waals surface area (Å²) in [6.45, 7) is 1.71. The number of methoxy groups -OCH3 is 1. The van der Waals surface area contributed by atoms with Crippen molar-refractivity contribution < 1.29 is 27.4 Å². The average Bonchev–Trinajstić information content (AvgIpc) is 2.74. The first-order valence-electron chi connectivity index (χ1n) is 9.56. The van der Waals surface area contributed by atoms with E-state index in [1.807, 2.05) is 30.3 Å². The number of rotatable bonds is 6. The average molecular weight is 423 g/mol. The fourth-order valence-corrected chi connectivity index (χ4v) is 3.22. The van der Waals surface area contributed by atoms with Crippen molar-refractivity contribution in [2.75, 3.05) is 50.1 Å². The highest BCUT2D eigenvalue weighted by atomic mass is 19.4. The van der Waals surface area contributed by atoms with Gasteiger partial charge < -0.3 is 14.4 Å². The Bertz CT molecular complexity index is 808. The SMILES string of the molecule is COc1ccc(NC(=O)O[C@@H](CN2CCN(c3ccccc3)CC2)C(F)(F)F)cc1. The van der Waals surface area contributed by atoms with Crippen molar-refractivity contribution in [3.05, 3.63) is 54.6 Å². The van der Waals surface area contributed by atoms with Gasteiger partial charge in [0.2, 0.25) is 6.10 Å². The highest BCUT2D eigenvalue weighted by Crippen LogP contribution is 2.25. The third-order valence-electron chi connectivity index (χ3n) is 4.87. The molecule has 9 heteroatoms. The zero-order chi connectivity index (χ0) is 21.6. The van der Waals surface area contributed by atoms with Gasteiger partial charge in [0.1, 0.15) is 5.75 Å². The van der Waals surface area contributed by atoms with Crippen molar-refractivity contribution in [2.45, 2.75) is 12.3 Å². The summed E-state index contributed by atoms with van der Waals surface area (Å²) in [4.78, 5) is 15.8. The second kappa shape index (κ2) is 9.71. The van der Waals surface area contributed by atoms with Crippen molar-refractivity contribution >= 4 is 17.5 Å². The van der Waals surface area contributed by atoms with E-state index in [1.54, 1.807) is 17.0 Å². The maximum absolute atomic E-state index is 13.5. The molecule has 1 atom stereocenters. The number of benzene rings is 2. The molecule has 162 valence electrons. The summed E-state index contributed by atoms with van der Waals surface area (Å²) in [5, 5.41) is 2.32. The summed E-state index contributed by atoms with van der Waals surface area (Å²) < 4.78 is 50.1. The fourth-order valence-electron chi connectivity index (χ4n) is 3.22. The van der Waals surface area contributed by atoms with Crippen LogP contribution >= 0.6 is 0 Å². The van der Waals surface area contributed by atoms with Gasteiger partial charge in [0.25, 0.3) is 0 Å². The Morgan fingerprint density at radius 2 is 1.67 bits per heavy atom. The molecule has 0 aliphatic carbocycles. The molecule has 0 aromatic heterocycles. The van der Waals surface area contributed by atoms with Crippen LogP contribution in [0, 0.1) is 0 Å². The van der Waals surface area contributed by atoms with Crippen LogP contribution in [0.2, 0.25) is 0 Å². The smallest absolute Gasteiger partial charge is 0.426 e. The van der Waals surface area contributed by atoms with Crippen LogP contribution in [0.5, 0.6) is 5.75 Å². The van der Waals surface area contributed by atoms with Crippen molar-refractivity contribution in [3.8, 4) is 5.75 Å². The van der Waals surface area contributed by atoms with Gasteiger partial charge in [-0.05, 0) is 36.4 Å². The number of nitrogens with zero attached hydrogens (tertiary/aromatic N) is 2. The number of carbonyl (C=O) groups excluding carboxylic acids is 1. The molecule has 0 unspecified atom stereocenters. The Morgan fingerprint density at radius 1 is 1.03 bits per heavy atom. The zero-order valence-corrected chi connectivity index (χ0v) is 16.6. The fraction of sp³-hybridized carbons (Fsp3) is 0.381. The van der Waals surface area contributed by atoms with E-state index in [0.717, 1.165) is 5.69 Å². The molecule has 1 heterocycles. The lowest BCUT2D eigenvalue weighted by atomic mass is 10.2. The van der Waals surface area contributed by atoms with Crippen molar-refractivity contribution in [3.63, 3.8) is 0 Å². The molecule has 1 saturated heterocycles. The maximum atomic E-state index is 13.5. The Kier molecular flexibility index (Phi) is 7.04. The lowest BCUT2D eigenvalue weighted by Gasteiger charge is -2.37. The number of anilines is 2. The number of carbonyl (C=O) groups is 1. The molecule has 1 aliphatic heterocycles. The van der Waals surface area contributed by atoms with Crippen LogP contribution in [-0.2, 0) is 4.74 Å². The summed E-state index contributed by atoms with van der Waals surface area (Å²) in [7, 11) is 1.49. The molecule has 1 aliphatic rings. The van der Waals surface area contributed by atoms with E-state index in [2.05, 4.69) is 10.2 Å². The molecule has 1 amide bonds. The van der Waals surface area contributed by atoms with E-state index in [4.69, 9.17) is 9.47 Å². The third-order valence-corrected chi connectivity index (χ3v) is 4.87. The number of para-hydroxylation sites is 1. The molecule has 1 N–H and O–H groups in total. The van der Waals surface area contributed by atoms with E-state index in [0.29, 0.717) is 37.6 Å². The molecule has 0 radical (unpaired) electrons. The monoisotopic (exact) mass is 423 g/mol. The number of hydrogen-bond donors (Lipinski definition) is 1. The molecule has 30 heavy (non-hydrogen) atoms. The van der Waals surface area contributed by atoms with Crippen LogP contribution < -0.4 is 15.0 Å². The maximum Gasteiger partial charge on any atom is 0.426 e. The Hall–Kier alpha value is -2.94. The minimum atomic E-state index is -4.66. The largest absolute Gasteiger partial charge is 0.497 e. The molecule has 0 bridgehead atoms. The molecule has 3 rings (SSSR count). The van der Waals surface area contributed by atoms with Gasteiger partial charge in [-0.15, -0.1) is 0 Å². The zero-order valence-electron chi connectivity index (χ0n) is 16.6. The third kappa shape index (κ3) is 6.03. The molecule has 1 fully saturated rings. The van der Waals surface area contributed by atoms with E-state index < -0.39 is 24.9 Å². The lowest BCUT2D eigenvalue weighted by molar-refractivity contribution is -0.206. The van der Waals surface area contributed by atoms with Crippen LogP contribution in [0.15, 0.2) is 54.6 Å². The van der Waals surface area contributed by atoms with Crippen molar-refractivity contribution in [2.24, 2.45) is 0 Å². The van der Waals surface area contributed by atoms with E-state index >= 15 is 0 Å². The molecule has 0 saturated carbocycles. The van der Waals surface area contributed by atoms with Gasteiger partial charge in [0.05, 0.1) is 7.11 Å². The topological polar surface area (TPSA) is 54.0 Å². The summed E-state index contributed by atoms with van der Waals surface area (Å²) in [6.07, 6.45) is -8.02. The van der Waals surface area contributed by atoms with Gasteiger partial charge >= 0.3 is 12.3 Å². The summed E-state index contributed by atoms with van der Waals surface area (Å²) in [5.74, 6) is 0.566. The van der Waals surface area contributed by atoms with E-state index in [-0.39, 0.29) is 0 Å². The van der Waals surface area contributed by atoms with Crippen LogP contribution in [0.25, 0.3) is 0 Å². The highest BCUT2D eigenvalue weighted by molar-refractivity contribution is 5.84. The van der Waals surface area contributed by atoms with Gasteiger partial charge in [-0.25, -0.2) is 4.79 Å². The highest BCUT2D eigenvalue weighted by Gasteiger charge is 2.44. The van der Waals surface area contributed by atoms with Crippen molar-refractivity contribution in [1.29, 1.82) is 0 Å². The predicted octanol–water partition coefficient (Wildman–Crippen LogP) is 4.00. The number of halogens is 3. The number of piperazine rings is 1. The summed E-state index contributed by atoms with van der Waals surface area (Å²) in [5.41, 5.74) is 1.36. The van der Waals surface area contributed by atoms with Gasteiger partial charge in [-0.2, -0.15) is 13.2 Å². The van der Waals surface area contributed by atoms with E-state index in [1.165, 1.54) is 19.2 Å². The normalized spacial score (nSPS) is 16.1. The molecular formula is C21H24F3N3O3. The van der Waals surface area contributed by atoms with E-state index in [9.17, 15) is 18.0 Å². The Balaban J connectivity index is 1.54. The first-order valence-corrected chi connectivity index (χ1v) is 9.56. The molecule has 0 spiro atoms. The van der Waals surface area contributed by atoms with Crippen LogP contribution in [0.1, 0.15) is 0 Å². The molecule has 6 nitrogen and oxygen atoms in total. The number of alkyl halides is 3. The summed E-state index contributed by atoms with van der Waals surface area (Å²) in [6, 6.07) is 15.9. The first-order chi connectivity index (χ1) is 14.3. The number of nitrogens with one attached hydrogen (secondary N) is 1. The second-order valence-corrected chi connectivity index (χ2v) is 6.91. The Morgan fingerprint density at radius 3 is 2.23 bits per heavy atom. The van der Waals surface area contributed by atoms with Crippen LogP contribution in [-0.4, -0.2) is 63.1 Å². The van der Waals surface area contributed by atoms with Gasteiger partial charge in [0, 0.05) is 44.1 Å². The molecule has 2 aromatic rings. The lowest BCUT2D eigenvalue weighted by Crippen LogP contribution is -2.52. The minimum absolute atomic E-state index is 0.318.